The molecule has 0 bridgehead atoms. The first kappa shape index (κ1) is 21.5. The van der Waals surface area contributed by atoms with Crippen molar-refractivity contribution in [2.45, 2.75) is 6.54 Å². The number of rotatable bonds is 5. The summed E-state index contributed by atoms with van der Waals surface area (Å²) in [6.45, 7) is 3.68. The third-order valence-corrected chi connectivity index (χ3v) is 5.16. The molecule has 2 aliphatic heterocycles. The maximum Gasteiger partial charge on any atom is 0.170 e. The average Bonchev–Trinajstić information content (AvgIpc) is 3.32. The number of ether oxygens (including phenoxy) is 1. The van der Waals surface area contributed by atoms with Gasteiger partial charge in [-0.25, -0.2) is 28.1 Å². The number of fused-ring (bicyclic) bond motifs is 1. The zero-order valence-electron chi connectivity index (χ0n) is 17.4. The Balaban J connectivity index is 1.43. The Hall–Kier alpha value is -4.38. The number of anilines is 1. The van der Waals surface area contributed by atoms with Crippen molar-refractivity contribution >= 4 is 23.6 Å². The fourth-order valence-electron chi connectivity index (χ4n) is 3.58. The number of hydrazone groups is 1. The number of hydrazine groups is 2. The van der Waals surface area contributed by atoms with Gasteiger partial charge in [-0.2, -0.15) is 0 Å². The molecular weight excluding hydrogens is 452 g/mol. The molecule has 0 aromatic heterocycles. The number of hydrogen-bond acceptors (Lipinski definition) is 7. The summed E-state index contributed by atoms with van der Waals surface area (Å²) in [5.74, 6) is -2.53. The van der Waals surface area contributed by atoms with Gasteiger partial charge in [0.05, 0.1) is 24.3 Å². The molecule has 34 heavy (non-hydrogen) atoms. The summed E-state index contributed by atoms with van der Waals surface area (Å²) < 4.78 is 61.6. The lowest BCUT2D eigenvalue weighted by molar-refractivity contribution is 0.476. The molecule has 0 saturated heterocycles. The number of nitrogens with one attached hydrogen (secondary N) is 3. The van der Waals surface area contributed by atoms with Crippen molar-refractivity contribution in [2.75, 3.05) is 4.90 Å². The lowest BCUT2D eigenvalue weighted by Crippen LogP contribution is -2.35. The standard InChI is InChI=1S/C23H16F4N6O/c1-12-18-9-16(34-17-5-13(4-14(24)6-17)23-29-31-32-30-23)2-3-22(18)33(11-28-12)10-19-20(26)7-15(25)8-21(19)27/h2-9,11,31-32H,1,10H2,(H,29,30). The normalized spacial score (nSPS) is 14.4. The molecule has 172 valence electrons. The highest BCUT2D eigenvalue weighted by atomic mass is 19.1. The SMILES string of the molecule is C=C1N=CN(Cc2c(F)cc(F)cc2F)c2ccc(Oc3cc(F)cc(C4=NNNN4)c3)cc21. The smallest absolute Gasteiger partial charge is 0.170 e. The average molecular weight is 468 g/mol. The van der Waals surface area contributed by atoms with Crippen LogP contribution in [0.4, 0.5) is 23.2 Å². The Labute approximate surface area is 191 Å². The Kier molecular flexibility index (Phi) is 5.38. The van der Waals surface area contributed by atoms with E-state index >= 15 is 0 Å². The summed E-state index contributed by atoms with van der Waals surface area (Å²) in [5, 5.41) is 3.94. The van der Waals surface area contributed by atoms with Gasteiger partial charge in [-0.15, -0.1) is 10.6 Å². The summed E-state index contributed by atoms with van der Waals surface area (Å²) in [7, 11) is 0. The van der Waals surface area contributed by atoms with Crippen LogP contribution < -0.4 is 26.1 Å². The number of hydrogen-bond donors (Lipinski definition) is 3. The molecule has 11 heteroatoms. The molecule has 5 rings (SSSR count). The van der Waals surface area contributed by atoms with Crippen molar-refractivity contribution in [3.63, 3.8) is 0 Å². The van der Waals surface area contributed by atoms with Gasteiger partial charge in [0.2, 0.25) is 0 Å². The summed E-state index contributed by atoms with van der Waals surface area (Å²) in [4.78, 5) is 5.70. The maximum atomic E-state index is 14.2. The Morgan fingerprint density at radius 2 is 1.68 bits per heavy atom. The molecule has 3 N–H and O–H groups in total. The molecule has 2 aliphatic rings. The second kappa shape index (κ2) is 8.52. The number of nitrogens with zero attached hydrogens (tertiary/aromatic N) is 3. The lowest BCUT2D eigenvalue weighted by Gasteiger charge is -2.27. The Bertz CT molecular complexity index is 1350. The van der Waals surface area contributed by atoms with Crippen molar-refractivity contribution in [3.8, 4) is 11.5 Å². The van der Waals surface area contributed by atoms with Crippen LogP contribution in [0.1, 0.15) is 16.7 Å². The number of halogens is 4. The number of aliphatic imine (C=N–C) groups is 1. The minimum absolute atomic E-state index is 0.216. The minimum atomic E-state index is -0.995. The van der Waals surface area contributed by atoms with Crippen molar-refractivity contribution in [1.82, 2.24) is 16.5 Å². The third kappa shape index (κ3) is 4.16. The van der Waals surface area contributed by atoms with Crippen molar-refractivity contribution in [2.24, 2.45) is 10.1 Å². The molecule has 0 unspecified atom stereocenters. The molecule has 0 saturated carbocycles. The molecule has 0 amide bonds. The van der Waals surface area contributed by atoms with Crippen LogP contribution in [0.15, 0.2) is 65.2 Å². The first-order valence-electron chi connectivity index (χ1n) is 9.97. The zero-order valence-corrected chi connectivity index (χ0v) is 17.4. The summed E-state index contributed by atoms with van der Waals surface area (Å²) in [6.07, 6.45) is 1.39. The van der Waals surface area contributed by atoms with Crippen LogP contribution in [0.3, 0.4) is 0 Å². The lowest BCUT2D eigenvalue weighted by atomic mass is 10.1. The van der Waals surface area contributed by atoms with E-state index in [0.29, 0.717) is 46.2 Å². The molecule has 2 heterocycles. The highest BCUT2D eigenvalue weighted by Gasteiger charge is 2.21. The van der Waals surface area contributed by atoms with Gasteiger partial charge >= 0.3 is 0 Å². The molecule has 0 radical (unpaired) electrons. The molecule has 0 spiro atoms. The molecular formula is C23H16F4N6O. The van der Waals surface area contributed by atoms with Gasteiger partial charge in [-0.3, -0.25) is 5.43 Å². The van der Waals surface area contributed by atoms with E-state index in [-0.39, 0.29) is 17.9 Å². The highest BCUT2D eigenvalue weighted by Crippen LogP contribution is 2.36. The molecule has 0 aliphatic carbocycles. The van der Waals surface area contributed by atoms with E-state index in [1.807, 2.05) is 0 Å². The predicted octanol–water partition coefficient (Wildman–Crippen LogP) is 4.33. The minimum Gasteiger partial charge on any atom is -0.457 e. The van der Waals surface area contributed by atoms with E-state index in [0.717, 1.165) is 0 Å². The van der Waals surface area contributed by atoms with Gasteiger partial charge < -0.3 is 9.64 Å². The summed E-state index contributed by atoms with van der Waals surface area (Å²) >= 11 is 0. The van der Waals surface area contributed by atoms with E-state index in [2.05, 4.69) is 33.2 Å². The van der Waals surface area contributed by atoms with Crippen molar-refractivity contribution in [1.29, 1.82) is 0 Å². The first-order valence-corrected chi connectivity index (χ1v) is 9.97. The Morgan fingerprint density at radius 3 is 2.41 bits per heavy atom. The van der Waals surface area contributed by atoms with Crippen LogP contribution in [0.25, 0.3) is 5.70 Å². The van der Waals surface area contributed by atoms with Crippen molar-refractivity contribution in [3.05, 3.63) is 95.1 Å². The molecule has 0 atom stereocenters. The van der Waals surface area contributed by atoms with E-state index in [4.69, 9.17) is 4.74 Å². The first-order chi connectivity index (χ1) is 16.4. The second-order valence-electron chi connectivity index (χ2n) is 7.45. The monoisotopic (exact) mass is 468 g/mol. The highest BCUT2D eigenvalue weighted by molar-refractivity contribution is 5.99. The maximum absolute atomic E-state index is 14.2. The molecule has 3 aromatic rings. The van der Waals surface area contributed by atoms with Gasteiger partial charge in [0.1, 0.15) is 34.8 Å². The number of benzene rings is 3. The van der Waals surface area contributed by atoms with Gasteiger partial charge in [0.15, 0.2) is 5.84 Å². The Morgan fingerprint density at radius 1 is 0.912 bits per heavy atom. The van der Waals surface area contributed by atoms with E-state index < -0.39 is 23.3 Å². The van der Waals surface area contributed by atoms with Crippen molar-refractivity contribution < 1.29 is 22.3 Å². The number of amidine groups is 1. The summed E-state index contributed by atoms with van der Waals surface area (Å²) in [5.41, 5.74) is 9.47. The van der Waals surface area contributed by atoms with E-state index in [1.165, 1.54) is 23.4 Å². The molecule has 0 fully saturated rings. The van der Waals surface area contributed by atoms with Crippen LogP contribution >= 0.6 is 0 Å². The van der Waals surface area contributed by atoms with E-state index in [9.17, 15) is 17.6 Å². The van der Waals surface area contributed by atoms with Gasteiger partial charge in [0.25, 0.3) is 0 Å². The second-order valence-corrected chi connectivity index (χ2v) is 7.45. The van der Waals surface area contributed by atoms with Gasteiger partial charge in [0, 0.05) is 34.9 Å². The fourth-order valence-corrected chi connectivity index (χ4v) is 3.58. The van der Waals surface area contributed by atoms with Crippen LogP contribution in [0, 0.1) is 23.3 Å². The zero-order chi connectivity index (χ0) is 23.8. The quantitative estimate of drug-likeness (QED) is 0.487. The van der Waals surface area contributed by atoms with Gasteiger partial charge in [-0.05, 0) is 30.3 Å². The predicted molar refractivity (Wildman–Crippen MR) is 119 cm³/mol. The van der Waals surface area contributed by atoms with E-state index in [1.54, 1.807) is 24.3 Å². The molecule has 3 aromatic carbocycles. The van der Waals surface area contributed by atoms with Crippen LogP contribution in [0.2, 0.25) is 0 Å². The van der Waals surface area contributed by atoms with Crippen LogP contribution in [-0.2, 0) is 6.54 Å². The molecule has 7 nitrogen and oxygen atoms in total. The fraction of sp³-hybridized carbons (Fsp3) is 0.0435. The van der Waals surface area contributed by atoms with Crippen LogP contribution in [0.5, 0.6) is 11.5 Å². The topological polar surface area (TPSA) is 73.3 Å². The largest absolute Gasteiger partial charge is 0.457 e. The van der Waals surface area contributed by atoms with Gasteiger partial charge in [-0.1, -0.05) is 6.58 Å². The third-order valence-electron chi connectivity index (χ3n) is 5.16. The van der Waals surface area contributed by atoms with Crippen LogP contribution in [-0.4, -0.2) is 12.2 Å². The summed E-state index contributed by atoms with van der Waals surface area (Å²) in [6, 6.07) is 10.3.